The largest absolute Gasteiger partial charge is 0.326 e. The van der Waals surface area contributed by atoms with Gasteiger partial charge >= 0.3 is 0 Å². The first-order valence-electron chi connectivity index (χ1n) is 8.03. The minimum atomic E-state index is -0.360. The molecular weight excluding hydrogens is 250 g/mol. The first kappa shape index (κ1) is 17.4. The molecule has 0 aromatic carbocycles. The molecule has 2 atom stereocenters. The fourth-order valence-corrected chi connectivity index (χ4v) is 2.82. The van der Waals surface area contributed by atoms with Gasteiger partial charge in [0.2, 0.25) is 5.91 Å². The van der Waals surface area contributed by atoms with Crippen molar-refractivity contribution >= 4 is 5.91 Å². The third-order valence-electron chi connectivity index (χ3n) is 4.25. The van der Waals surface area contributed by atoms with Crippen molar-refractivity contribution in [1.82, 2.24) is 15.1 Å². The Morgan fingerprint density at radius 2 is 2.00 bits per heavy atom. The van der Waals surface area contributed by atoms with Crippen LogP contribution < -0.4 is 5.32 Å². The smallest absolute Gasteiger partial charge is 0.243 e. The van der Waals surface area contributed by atoms with Crippen LogP contribution in [-0.4, -0.2) is 54.6 Å². The summed E-state index contributed by atoms with van der Waals surface area (Å²) in [7, 11) is 4.19. The van der Waals surface area contributed by atoms with E-state index in [1.54, 1.807) is 0 Å². The zero-order valence-corrected chi connectivity index (χ0v) is 14.2. The van der Waals surface area contributed by atoms with Crippen molar-refractivity contribution in [2.75, 3.05) is 27.2 Å². The molecule has 0 aromatic rings. The molecule has 4 heteroatoms. The van der Waals surface area contributed by atoms with E-state index in [4.69, 9.17) is 0 Å². The maximum absolute atomic E-state index is 12.6. The first-order valence-corrected chi connectivity index (χ1v) is 8.03. The van der Waals surface area contributed by atoms with Crippen LogP contribution in [0.4, 0.5) is 0 Å². The Bertz CT molecular complexity index is 317. The minimum Gasteiger partial charge on any atom is -0.326 e. The highest BCUT2D eigenvalue weighted by Crippen LogP contribution is 2.27. The van der Waals surface area contributed by atoms with Crippen LogP contribution in [0.2, 0.25) is 0 Å². The molecule has 1 saturated heterocycles. The van der Waals surface area contributed by atoms with Gasteiger partial charge in [-0.25, -0.2) is 0 Å². The van der Waals surface area contributed by atoms with Gasteiger partial charge in [0.05, 0.1) is 11.7 Å². The van der Waals surface area contributed by atoms with Gasteiger partial charge in [-0.2, -0.15) is 0 Å². The Balaban J connectivity index is 2.60. The average molecular weight is 283 g/mol. The third kappa shape index (κ3) is 4.45. The van der Waals surface area contributed by atoms with Crippen molar-refractivity contribution in [2.45, 2.75) is 65.1 Å². The van der Waals surface area contributed by atoms with E-state index < -0.39 is 0 Å². The van der Waals surface area contributed by atoms with Gasteiger partial charge in [0.25, 0.3) is 0 Å². The number of rotatable bonds is 8. The normalized spacial score (nSPS) is 27.1. The first-order chi connectivity index (χ1) is 9.30. The van der Waals surface area contributed by atoms with Gasteiger partial charge in [0, 0.05) is 6.54 Å². The molecule has 0 saturated carbocycles. The van der Waals surface area contributed by atoms with Crippen LogP contribution >= 0.6 is 0 Å². The highest BCUT2D eigenvalue weighted by molar-refractivity contribution is 5.88. The topological polar surface area (TPSA) is 35.6 Å². The van der Waals surface area contributed by atoms with E-state index in [1.165, 1.54) is 0 Å². The van der Waals surface area contributed by atoms with Crippen molar-refractivity contribution in [3.8, 4) is 0 Å². The van der Waals surface area contributed by atoms with E-state index in [0.29, 0.717) is 5.92 Å². The van der Waals surface area contributed by atoms with Crippen molar-refractivity contribution in [3.63, 3.8) is 0 Å². The molecule has 1 N–H and O–H groups in total. The highest BCUT2D eigenvalue weighted by Gasteiger charge is 2.46. The Kier molecular flexibility index (Phi) is 6.46. The van der Waals surface area contributed by atoms with E-state index in [-0.39, 0.29) is 17.6 Å². The average Bonchev–Trinajstić information content (AvgIpc) is 2.58. The summed E-state index contributed by atoms with van der Waals surface area (Å²) in [5.74, 6) is 0.888. The molecule has 1 aliphatic heterocycles. The number of nitrogens with zero attached hydrogens (tertiary/aromatic N) is 2. The lowest BCUT2D eigenvalue weighted by molar-refractivity contribution is -0.133. The molecule has 0 spiro atoms. The maximum atomic E-state index is 12.6. The Labute approximate surface area is 124 Å². The molecular formula is C16H33N3O. The van der Waals surface area contributed by atoms with Gasteiger partial charge < -0.3 is 9.80 Å². The quantitative estimate of drug-likeness (QED) is 0.694. The van der Waals surface area contributed by atoms with Gasteiger partial charge in [0.1, 0.15) is 0 Å². The number of unbranched alkanes of at least 4 members (excludes halogenated alkanes) is 1. The molecule has 0 radical (unpaired) electrons. The number of nitrogens with one attached hydrogen (secondary N) is 1. The molecule has 118 valence electrons. The molecule has 1 amide bonds. The van der Waals surface area contributed by atoms with Crippen LogP contribution in [-0.2, 0) is 4.79 Å². The summed E-state index contributed by atoms with van der Waals surface area (Å²) in [5.41, 5.74) is -0.360. The van der Waals surface area contributed by atoms with Crippen molar-refractivity contribution in [1.29, 1.82) is 0 Å². The van der Waals surface area contributed by atoms with Gasteiger partial charge in [0.15, 0.2) is 0 Å². The Morgan fingerprint density at radius 3 is 2.50 bits per heavy atom. The van der Waals surface area contributed by atoms with E-state index in [0.717, 1.165) is 38.8 Å². The molecule has 1 aliphatic rings. The van der Waals surface area contributed by atoms with Gasteiger partial charge in [-0.15, -0.1) is 0 Å². The van der Waals surface area contributed by atoms with Crippen molar-refractivity contribution in [3.05, 3.63) is 0 Å². The second-order valence-corrected chi connectivity index (χ2v) is 6.98. The molecule has 0 bridgehead atoms. The second-order valence-electron chi connectivity index (χ2n) is 6.98. The molecule has 20 heavy (non-hydrogen) atoms. The van der Waals surface area contributed by atoms with Gasteiger partial charge in [-0.3, -0.25) is 10.1 Å². The SMILES string of the molecule is CCC1(C)NC(CC(C)C)N(CCCCN(C)C)C1=O. The Hall–Kier alpha value is -0.610. The number of amides is 1. The van der Waals surface area contributed by atoms with E-state index in [2.05, 4.69) is 50.0 Å². The fraction of sp³-hybridized carbons (Fsp3) is 0.938. The number of hydrogen-bond acceptors (Lipinski definition) is 3. The summed E-state index contributed by atoms with van der Waals surface area (Å²) < 4.78 is 0. The molecule has 1 rings (SSSR count). The van der Waals surface area contributed by atoms with Crippen LogP contribution in [0.1, 0.15) is 53.4 Å². The second kappa shape index (κ2) is 7.41. The van der Waals surface area contributed by atoms with E-state index in [1.807, 2.05) is 6.92 Å². The van der Waals surface area contributed by atoms with Crippen LogP contribution in [0.15, 0.2) is 0 Å². The van der Waals surface area contributed by atoms with Gasteiger partial charge in [-0.1, -0.05) is 20.8 Å². The molecule has 4 nitrogen and oxygen atoms in total. The zero-order chi connectivity index (χ0) is 15.3. The fourth-order valence-electron chi connectivity index (χ4n) is 2.82. The maximum Gasteiger partial charge on any atom is 0.243 e. The predicted octanol–water partition coefficient (Wildman–Crippen LogP) is 2.30. The lowest BCUT2D eigenvalue weighted by atomic mass is 9.99. The van der Waals surface area contributed by atoms with Crippen molar-refractivity contribution in [2.24, 2.45) is 5.92 Å². The molecule has 0 aromatic heterocycles. The number of carbonyl (C=O) groups is 1. The summed E-state index contributed by atoms with van der Waals surface area (Å²) >= 11 is 0. The predicted molar refractivity (Wildman–Crippen MR) is 84.6 cm³/mol. The Morgan fingerprint density at radius 1 is 1.35 bits per heavy atom. The lowest BCUT2D eigenvalue weighted by Gasteiger charge is -2.25. The molecule has 0 aliphatic carbocycles. The molecule has 1 fully saturated rings. The van der Waals surface area contributed by atoms with Crippen LogP contribution in [0.3, 0.4) is 0 Å². The highest BCUT2D eigenvalue weighted by atomic mass is 16.2. The van der Waals surface area contributed by atoms with E-state index in [9.17, 15) is 4.79 Å². The van der Waals surface area contributed by atoms with Crippen LogP contribution in [0, 0.1) is 5.92 Å². The standard InChI is InChI=1S/C16H33N3O/c1-7-16(4)15(20)19(11-9-8-10-18(5)6)14(17-16)12-13(2)3/h13-14,17H,7-12H2,1-6H3. The number of hydrogen-bond donors (Lipinski definition) is 1. The van der Waals surface area contributed by atoms with E-state index >= 15 is 0 Å². The molecule has 1 heterocycles. The van der Waals surface area contributed by atoms with Crippen molar-refractivity contribution < 1.29 is 4.79 Å². The van der Waals surface area contributed by atoms with Crippen LogP contribution in [0.25, 0.3) is 0 Å². The third-order valence-corrected chi connectivity index (χ3v) is 4.25. The molecule has 2 unspecified atom stereocenters. The summed E-state index contributed by atoms with van der Waals surface area (Å²) in [6.45, 7) is 10.5. The van der Waals surface area contributed by atoms with Crippen LogP contribution in [0.5, 0.6) is 0 Å². The monoisotopic (exact) mass is 283 g/mol. The van der Waals surface area contributed by atoms with Gasteiger partial charge in [-0.05, 0) is 59.2 Å². The minimum absolute atomic E-state index is 0.215. The summed E-state index contributed by atoms with van der Waals surface area (Å²) in [5, 5.41) is 3.56. The number of carbonyl (C=O) groups excluding carboxylic acids is 1. The summed E-state index contributed by atoms with van der Waals surface area (Å²) in [6.07, 6.45) is 4.34. The summed E-state index contributed by atoms with van der Waals surface area (Å²) in [6, 6.07) is 0. The zero-order valence-electron chi connectivity index (χ0n) is 14.2. The lowest BCUT2D eigenvalue weighted by Crippen LogP contribution is -2.44. The summed E-state index contributed by atoms with van der Waals surface area (Å²) in [4.78, 5) is 16.9.